The van der Waals surface area contributed by atoms with Gasteiger partial charge in [0.15, 0.2) is 0 Å². The Hall–Kier alpha value is -5.27. The molecule has 2 aliphatic rings. The minimum absolute atomic E-state index is 0.0472. The highest BCUT2D eigenvalue weighted by Crippen LogP contribution is 2.42. The zero-order valence-corrected chi connectivity index (χ0v) is 32.3. The van der Waals surface area contributed by atoms with E-state index in [1.165, 1.54) is 18.2 Å². The van der Waals surface area contributed by atoms with Gasteiger partial charge in [0.05, 0.1) is 5.57 Å². The third-order valence-corrected chi connectivity index (χ3v) is 9.96. The number of ether oxygens (including phenoxy) is 1. The van der Waals surface area contributed by atoms with Gasteiger partial charge in [0, 0.05) is 52.7 Å². The smallest absolute Gasteiger partial charge is 0.417 e. The second kappa shape index (κ2) is 18.6. The molecular weight excluding hydrogens is 725 g/mol. The number of para-hydroxylation sites is 1. The van der Waals surface area contributed by atoms with Crippen molar-refractivity contribution in [1.82, 2.24) is 20.9 Å². The summed E-state index contributed by atoms with van der Waals surface area (Å²) in [6.07, 6.45) is 4.83. The van der Waals surface area contributed by atoms with E-state index in [0.717, 1.165) is 54.6 Å². The van der Waals surface area contributed by atoms with Crippen molar-refractivity contribution in [3.63, 3.8) is 0 Å². The fraction of sp³-hybridized carbons (Fsp3) is 0.476. The van der Waals surface area contributed by atoms with Crippen LogP contribution in [0.25, 0.3) is 16.5 Å². The van der Waals surface area contributed by atoms with Crippen molar-refractivity contribution in [2.75, 3.05) is 17.2 Å². The van der Waals surface area contributed by atoms with Gasteiger partial charge in [-0.05, 0) is 88.6 Å². The second-order valence-electron chi connectivity index (χ2n) is 15.7. The lowest BCUT2D eigenvalue weighted by atomic mass is 9.84. The van der Waals surface area contributed by atoms with Gasteiger partial charge in [-0.3, -0.25) is 14.4 Å². The number of aromatic amines is 1. The Morgan fingerprint density at radius 3 is 2.43 bits per heavy atom. The Kier molecular flexibility index (Phi) is 13.9. The Morgan fingerprint density at radius 2 is 1.70 bits per heavy atom. The van der Waals surface area contributed by atoms with E-state index in [2.05, 4.69) is 38.1 Å². The van der Waals surface area contributed by atoms with Gasteiger partial charge in [-0.2, -0.15) is 13.2 Å². The van der Waals surface area contributed by atoms with Crippen molar-refractivity contribution < 1.29 is 37.1 Å². The Bertz CT molecular complexity index is 1920. The van der Waals surface area contributed by atoms with Crippen LogP contribution in [0.1, 0.15) is 96.1 Å². The van der Waals surface area contributed by atoms with Gasteiger partial charge in [0.2, 0.25) is 17.7 Å². The fourth-order valence-electron chi connectivity index (χ4n) is 7.25. The molecule has 1 saturated carbocycles. The second-order valence-corrected chi connectivity index (χ2v) is 15.7. The topological polar surface area (TPSA) is 153 Å². The molecule has 4 amide bonds. The zero-order valence-electron chi connectivity index (χ0n) is 32.3. The predicted molar refractivity (Wildman–Crippen MR) is 212 cm³/mol. The molecule has 0 bridgehead atoms. The summed E-state index contributed by atoms with van der Waals surface area (Å²) in [5.41, 5.74) is 0.749. The third kappa shape index (κ3) is 12.1. The summed E-state index contributed by atoms with van der Waals surface area (Å²) in [6.45, 7) is 9.17. The lowest BCUT2D eigenvalue weighted by molar-refractivity contribution is -0.131. The molecule has 2 unspecified atom stereocenters. The number of hydrogen-bond donors (Lipinski definition) is 6. The molecule has 1 aromatic heterocycles. The number of halogens is 3. The maximum atomic E-state index is 14.1. The molecule has 14 heteroatoms. The van der Waals surface area contributed by atoms with E-state index in [1.807, 2.05) is 30.5 Å². The van der Waals surface area contributed by atoms with Gasteiger partial charge in [-0.25, -0.2) is 4.79 Å². The molecule has 5 rings (SSSR count). The van der Waals surface area contributed by atoms with E-state index in [9.17, 15) is 32.3 Å². The summed E-state index contributed by atoms with van der Waals surface area (Å²) in [4.78, 5) is 56.7. The molecule has 2 aromatic carbocycles. The predicted octanol–water partition coefficient (Wildman–Crippen LogP) is 8.26. The molecule has 2 heterocycles. The Labute approximate surface area is 325 Å². The molecule has 0 radical (unpaired) electrons. The fourth-order valence-corrected chi connectivity index (χ4v) is 7.25. The van der Waals surface area contributed by atoms with Crippen LogP contribution in [0.15, 0.2) is 67.0 Å². The molecule has 302 valence electrons. The van der Waals surface area contributed by atoms with Gasteiger partial charge >= 0.3 is 12.3 Å². The highest BCUT2D eigenvalue weighted by Gasteiger charge is 2.38. The SMILES string of the molecule is C=C1C=C(C(F)(F)F)c2ccc(NC(=O)C(CCCCNC(=O)OC(C)(C)C)NC(=O)C(CC3CCCCC3)NC(=O)CCc3c[nH]c4ccccc34)cc2N1. The van der Waals surface area contributed by atoms with E-state index in [4.69, 9.17) is 4.74 Å². The number of carbonyl (C=O) groups is 4. The summed E-state index contributed by atoms with van der Waals surface area (Å²) in [6, 6.07) is 9.91. The third-order valence-electron chi connectivity index (χ3n) is 9.96. The average molecular weight is 779 g/mol. The van der Waals surface area contributed by atoms with Crippen LogP contribution >= 0.6 is 0 Å². The highest BCUT2D eigenvalue weighted by atomic mass is 19.4. The summed E-state index contributed by atoms with van der Waals surface area (Å²) >= 11 is 0. The van der Waals surface area contributed by atoms with E-state index < -0.39 is 47.3 Å². The number of aromatic nitrogens is 1. The van der Waals surface area contributed by atoms with Crippen molar-refractivity contribution in [1.29, 1.82) is 0 Å². The molecule has 1 aliphatic carbocycles. The number of allylic oxidation sites excluding steroid dienone is 2. The molecule has 56 heavy (non-hydrogen) atoms. The first kappa shape index (κ1) is 41.9. The van der Waals surface area contributed by atoms with Crippen LogP contribution in [0.5, 0.6) is 0 Å². The zero-order chi connectivity index (χ0) is 40.5. The molecule has 0 spiro atoms. The number of rotatable bonds is 15. The normalized spacial score (nSPS) is 15.8. The number of unbranched alkanes of at least 4 members (excludes halogenated alkanes) is 1. The number of anilines is 2. The van der Waals surface area contributed by atoms with E-state index in [0.29, 0.717) is 25.7 Å². The average Bonchev–Trinajstić information content (AvgIpc) is 3.55. The highest BCUT2D eigenvalue weighted by molar-refractivity contribution is 5.99. The van der Waals surface area contributed by atoms with Crippen molar-refractivity contribution in [3.05, 3.63) is 78.1 Å². The van der Waals surface area contributed by atoms with Crippen molar-refractivity contribution in [3.8, 4) is 0 Å². The van der Waals surface area contributed by atoms with Crippen LogP contribution in [0.3, 0.4) is 0 Å². The van der Waals surface area contributed by atoms with Crippen LogP contribution in [0.2, 0.25) is 0 Å². The maximum Gasteiger partial charge on any atom is 0.417 e. The maximum absolute atomic E-state index is 14.1. The number of nitrogens with one attached hydrogen (secondary N) is 6. The molecule has 1 fully saturated rings. The van der Waals surface area contributed by atoms with Crippen LogP contribution < -0.4 is 26.6 Å². The van der Waals surface area contributed by atoms with Gasteiger partial charge in [0.25, 0.3) is 0 Å². The Morgan fingerprint density at radius 1 is 0.946 bits per heavy atom. The lowest BCUT2D eigenvalue weighted by Crippen LogP contribution is -2.53. The van der Waals surface area contributed by atoms with E-state index in [-0.39, 0.29) is 53.8 Å². The lowest BCUT2D eigenvalue weighted by Gasteiger charge is -2.28. The quantitative estimate of drug-likeness (QED) is 0.0855. The first-order valence-corrected chi connectivity index (χ1v) is 19.4. The minimum atomic E-state index is -4.61. The van der Waals surface area contributed by atoms with Gasteiger partial charge in [0.1, 0.15) is 17.7 Å². The number of alkyl halides is 3. The van der Waals surface area contributed by atoms with E-state index >= 15 is 0 Å². The summed E-state index contributed by atoms with van der Waals surface area (Å²) in [7, 11) is 0. The number of hydrogen-bond acceptors (Lipinski definition) is 6. The monoisotopic (exact) mass is 778 g/mol. The van der Waals surface area contributed by atoms with Crippen molar-refractivity contribution in [2.45, 2.75) is 115 Å². The summed E-state index contributed by atoms with van der Waals surface area (Å²) < 4.78 is 46.6. The molecule has 0 saturated heterocycles. The number of aryl methyl sites for hydroxylation is 1. The van der Waals surface area contributed by atoms with Crippen LogP contribution in [0, 0.1) is 5.92 Å². The molecule has 11 nitrogen and oxygen atoms in total. The Balaban J connectivity index is 1.29. The number of benzene rings is 2. The van der Waals surface area contributed by atoms with Crippen molar-refractivity contribution >= 4 is 51.7 Å². The number of alkyl carbamates (subject to hydrolysis) is 1. The largest absolute Gasteiger partial charge is 0.444 e. The molecule has 1 aliphatic heterocycles. The minimum Gasteiger partial charge on any atom is -0.444 e. The number of H-pyrrole nitrogens is 1. The standard InChI is InChI=1S/C42H53F3N6O5/c1-26-22-32(42(43,44)45)31-19-18-29(24-35(31)48-26)49-38(53)34(16-10-11-21-46-40(55)56-41(2,3)4)51-39(54)36(23-27-12-6-5-7-13-27)50-37(52)20-17-28-25-47-33-15-9-8-14-30(28)33/h8-9,14-15,18-19,22,24-25,27,34,36,47-48H,1,5-7,10-13,16-17,20-21,23H2,2-4H3,(H,46,55)(H,49,53)(H,50,52)(H,51,54). The number of carbonyl (C=O) groups excluding carboxylic acids is 4. The molecular formula is C42H53F3N6O5. The van der Waals surface area contributed by atoms with Gasteiger partial charge < -0.3 is 36.3 Å². The molecule has 6 N–H and O–H groups in total. The van der Waals surface area contributed by atoms with Gasteiger partial charge in [-0.1, -0.05) is 62.9 Å². The van der Waals surface area contributed by atoms with Gasteiger partial charge in [-0.15, -0.1) is 0 Å². The number of fused-ring (bicyclic) bond motifs is 2. The first-order valence-electron chi connectivity index (χ1n) is 19.4. The summed E-state index contributed by atoms with van der Waals surface area (Å²) in [5, 5.41) is 15.2. The van der Waals surface area contributed by atoms with E-state index in [1.54, 1.807) is 20.8 Å². The van der Waals surface area contributed by atoms with Crippen molar-refractivity contribution in [2.24, 2.45) is 5.92 Å². The molecule has 3 aromatic rings. The van der Waals surface area contributed by atoms with Crippen LogP contribution in [-0.2, 0) is 25.5 Å². The summed E-state index contributed by atoms with van der Waals surface area (Å²) in [5.74, 6) is -1.13. The van der Waals surface area contributed by atoms with Crippen LogP contribution in [-0.4, -0.2) is 59.2 Å². The van der Waals surface area contributed by atoms with Crippen LogP contribution in [0.4, 0.5) is 29.3 Å². The number of amides is 4. The first-order chi connectivity index (χ1) is 26.6. The molecule has 2 atom stereocenters.